The Hall–Kier alpha value is -2.09. The third kappa shape index (κ3) is 2.72. The van der Waals surface area contributed by atoms with Crippen LogP contribution in [0.1, 0.15) is 16.7 Å². The van der Waals surface area contributed by atoms with E-state index in [2.05, 4.69) is 4.99 Å². The fourth-order valence-corrected chi connectivity index (χ4v) is 1.78. The molecule has 0 aliphatic carbocycles. The van der Waals surface area contributed by atoms with Gasteiger partial charge in [0.2, 0.25) is 0 Å². The van der Waals surface area contributed by atoms with E-state index in [1.54, 1.807) is 12.3 Å². The zero-order valence-corrected chi connectivity index (χ0v) is 10.0. The molecule has 86 valence electrons. The monoisotopic (exact) mass is 225 g/mol. The summed E-state index contributed by atoms with van der Waals surface area (Å²) in [6.45, 7) is 3.93. The molecule has 0 heterocycles. The molecule has 0 bridgehead atoms. The summed E-state index contributed by atoms with van der Waals surface area (Å²) < 4.78 is 0. The van der Waals surface area contributed by atoms with Gasteiger partial charge in [-0.05, 0) is 43.2 Å². The Morgan fingerprint density at radius 2 is 1.76 bits per heavy atom. The minimum absolute atomic E-state index is 0.280. The molecule has 0 saturated carbocycles. The zero-order valence-electron chi connectivity index (χ0n) is 10.0. The van der Waals surface area contributed by atoms with Crippen LogP contribution in [-0.2, 0) is 0 Å². The largest absolute Gasteiger partial charge is 0.507 e. The van der Waals surface area contributed by atoms with Gasteiger partial charge in [0.25, 0.3) is 0 Å². The standard InChI is InChI=1S/C15H15NO/c1-11-8-12(2)14(15(17)9-11)10-16-13-6-4-3-5-7-13/h3-10,17H,1-2H3. The summed E-state index contributed by atoms with van der Waals surface area (Å²) in [4.78, 5) is 4.34. The van der Waals surface area contributed by atoms with Gasteiger partial charge in [0, 0.05) is 11.8 Å². The quantitative estimate of drug-likeness (QED) is 0.775. The molecule has 2 aromatic rings. The number of hydrogen-bond acceptors (Lipinski definition) is 2. The van der Waals surface area contributed by atoms with Gasteiger partial charge in [-0.2, -0.15) is 0 Å². The predicted octanol–water partition coefficient (Wildman–Crippen LogP) is 3.76. The highest BCUT2D eigenvalue weighted by molar-refractivity contribution is 5.87. The van der Waals surface area contributed by atoms with Gasteiger partial charge in [-0.3, -0.25) is 4.99 Å². The number of aromatic hydroxyl groups is 1. The van der Waals surface area contributed by atoms with Crippen LogP contribution in [0.5, 0.6) is 5.75 Å². The molecular formula is C15H15NO. The first-order chi connectivity index (χ1) is 8.16. The second-order valence-electron chi connectivity index (χ2n) is 4.11. The second-order valence-corrected chi connectivity index (χ2v) is 4.11. The molecule has 0 spiro atoms. The fraction of sp³-hybridized carbons (Fsp3) is 0.133. The highest BCUT2D eigenvalue weighted by Gasteiger charge is 2.03. The summed E-state index contributed by atoms with van der Waals surface area (Å²) in [5.41, 5.74) is 3.74. The first-order valence-corrected chi connectivity index (χ1v) is 5.56. The van der Waals surface area contributed by atoms with Gasteiger partial charge in [0.1, 0.15) is 5.75 Å². The van der Waals surface area contributed by atoms with Crippen LogP contribution in [-0.4, -0.2) is 11.3 Å². The van der Waals surface area contributed by atoms with E-state index in [0.29, 0.717) is 0 Å². The molecule has 1 N–H and O–H groups in total. The Kier molecular flexibility index (Phi) is 3.24. The molecule has 17 heavy (non-hydrogen) atoms. The Morgan fingerprint density at radius 3 is 2.41 bits per heavy atom. The van der Waals surface area contributed by atoms with Crippen LogP contribution >= 0.6 is 0 Å². The number of aliphatic imine (C=N–C) groups is 1. The first-order valence-electron chi connectivity index (χ1n) is 5.56. The average molecular weight is 225 g/mol. The van der Waals surface area contributed by atoms with Crippen LogP contribution in [0.25, 0.3) is 0 Å². The average Bonchev–Trinajstić information content (AvgIpc) is 2.29. The van der Waals surface area contributed by atoms with Gasteiger partial charge in [0.15, 0.2) is 0 Å². The highest BCUT2D eigenvalue weighted by Crippen LogP contribution is 2.22. The van der Waals surface area contributed by atoms with E-state index in [4.69, 9.17) is 0 Å². The van der Waals surface area contributed by atoms with Crippen molar-refractivity contribution in [1.82, 2.24) is 0 Å². The van der Waals surface area contributed by atoms with Crippen LogP contribution < -0.4 is 0 Å². The SMILES string of the molecule is Cc1cc(C)c(C=Nc2ccccc2)c(O)c1. The summed E-state index contributed by atoms with van der Waals surface area (Å²) >= 11 is 0. The van der Waals surface area contributed by atoms with E-state index in [0.717, 1.165) is 22.4 Å². The van der Waals surface area contributed by atoms with E-state index in [-0.39, 0.29) is 5.75 Å². The maximum Gasteiger partial charge on any atom is 0.124 e. The van der Waals surface area contributed by atoms with Gasteiger partial charge < -0.3 is 5.11 Å². The van der Waals surface area contributed by atoms with E-state index in [1.807, 2.05) is 50.2 Å². The first kappa shape index (κ1) is 11.4. The molecule has 0 unspecified atom stereocenters. The molecule has 2 heteroatoms. The molecular weight excluding hydrogens is 210 g/mol. The number of phenolic OH excluding ortho intramolecular Hbond substituents is 1. The molecule has 0 aliphatic rings. The van der Waals surface area contributed by atoms with Crippen LogP contribution in [0, 0.1) is 13.8 Å². The van der Waals surface area contributed by atoms with E-state index >= 15 is 0 Å². The molecule has 0 atom stereocenters. The lowest BCUT2D eigenvalue weighted by atomic mass is 10.1. The molecule has 2 aromatic carbocycles. The maximum atomic E-state index is 9.86. The van der Waals surface area contributed by atoms with E-state index < -0.39 is 0 Å². The van der Waals surface area contributed by atoms with Crippen molar-refractivity contribution in [2.24, 2.45) is 4.99 Å². The summed E-state index contributed by atoms with van der Waals surface area (Å²) in [6.07, 6.45) is 1.71. The third-order valence-corrected chi connectivity index (χ3v) is 2.61. The normalized spacial score (nSPS) is 10.9. The second kappa shape index (κ2) is 4.83. The van der Waals surface area contributed by atoms with Crippen LogP contribution in [0.4, 0.5) is 5.69 Å². The summed E-state index contributed by atoms with van der Waals surface area (Å²) in [5.74, 6) is 0.280. The van der Waals surface area contributed by atoms with Crippen molar-refractivity contribution >= 4 is 11.9 Å². The van der Waals surface area contributed by atoms with Crippen molar-refractivity contribution in [3.63, 3.8) is 0 Å². The minimum Gasteiger partial charge on any atom is -0.507 e. The molecule has 2 rings (SSSR count). The molecule has 0 radical (unpaired) electrons. The zero-order chi connectivity index (χ0) is 12.3. The number of para-hydroxylation sites is 1. The minimum atomic E-state index is 0.280. The number of aryl methyl sites for hydroxylation is 2. The lowest BCUT2D eigenvalue weighted by Crippen LogP contribution is -1.89. The Balaban J connectivity index is 2.34. The molecule has 0 saturated heterocycles. The molecule has 0 fully saturated rings. The molecule has 0 aromatic heterocycles. The topological polar surface area (TPSA) is 32.6 Å². The van der Waals surface area contributed by atoms with E-state index in [9.17, 15) is 5.11 Å². The van der Waals surface area contributed by atoms with Gasteiger partial charge in [-0.25, -0.2) is 0 Å². The van der Waals surface area contributed by atoms with E-state index in [1.165, 1.54) is 0 Å². The van der Waals surface area contributed by atoms with Crippen LogP contribution in [0.2, 0.25) is 0 Å². The Labute approximate surface area is 101 Å². The van der Waals surface area contributed by atoms with Crippen molar-refractivity contribution in [3.05, 3.63) is 59.2 Å². The number of hydrogen-bond donors (Lipinski definition) is 1. The summed E-state index contributed by atoms with van der Waals surface area (Å²) in [6, 6.07) is 13.5. The number of phenols is 1. The Bertz CT molecular complexity index is 521. The molecule has 0 amide bonds. The van der Waals surface area contributed by atoms with Gasteiger partial charge >= 0.3 is 0 Å². The fourth-order valence-electron chi connectivity index (χ4n) is 1.78. The van der Waals surface area contributed by atoms with Gasteiger partial charge in [-0.15, -0.1) is 0 Å². The van der Waals surface area contributed by atoms with Crippen molar-refractivity contribution in [3.8, 4) is 5.75 Å². The highest BCUT2D eigenvalue weighted by atomic mass is 16.3. The number of benzene rings is 2. The summed E-state index contributed by atoms with van der Waals surface area (Å²) in [5, 5.41) is 9.86. The number of nitrogens with zero attached hydrogens (tertiary/aromatic N) is 1. The lowest BCUT2D eigenvalue weighted by Gasteiger charge is -2.04. The molecule has 2 nitrogen and oxygen atoms in total. The van der Waals surface area contributed by atoms with Crippen molar-refractivity contribution < 1.29 is 5.11 Å². The van der Waals surface area contributed by atoms with Crippen molar-refractivity contribution in [2.45, 2.75) is 13.8 Å². The smallest absolute Gasteiger partial charge is 0.124 e. The van der Waals surface area contributed by atoms with Gasteiger partial charge in [-0.1, -0.05) is 24.3 Å². The van der Waals surface area contributed by atoms with Crippen LogP contribution in [0.15, 0.2) is 47.5 Å². The molecule has 0 aliphatic heterocycles. The maximum absolute atomic E-state index is 9.86. The van der Waals surface area contributed by atoms with Crippen molar-refractivity contribution in [1.29, 1.82) is 0 Å². The van der Waals surface area contributed by atoms with Crippen molar-refractivity contribution in [2.75, 3.05) is 0 Å². The lowest BCUT2D eigenvalue weighted by molar-refractivity contribution is 0.473. The predicted molar refractivity (Wildman–Crippen MR) is 71.3 cm³/mol. The third-order valence-electron chi connectivity index (χ3n) is 2.61. The number of rotatable bonds is 2. The van der Waals surface area contributed by atoms with Crippen LogP contribution in [0.3, 0.4) is 0 Å². The Morgan fingerprint density at radius 1 is 1.06 bits per heavy atom. The van der Waals surface area contributed by atoms with Gasteiger partial charge in [0.05, 0.1) is 5.69 Å². The summed E-state index contributed by atoms with van der Waals surface area (Å²) in [7, 11) is 0.